The summed E-state index contributed by atoms with van der Waals surface area (Å²) in [7, 11) is 0. The van der Waals surface area contributed by atoms with Crippen LogP contribution in [0.2, 0.25) is 0 Å². The third kappa shape index (κ3) is 4.50. The van der Waals surface area contributed by atoms with E-state index < -0.39 is 0 Å². The van der Waals surface area contributed by atoms with E-state index in [1.54, 1.807) is 17.7 Å². The molecule has 0 aliphatic rings. The average molecular weight is 228 g/mol. The molecule has 0 amide bonds. The van der Waals surface area contributed by atoms with E-state index in [-0.39, 0.29) is 0 Å². The van der Waals surface area contributed by atoms with Gasteiger partial charge in [0.1, 0.15) is 12.4 Å². The summed E-state index contributed by atoms with van der Waals surface area (Å²) in [6.07, 6.45) is 12.9. The van der Waals surface area contributed by atoms with Crippen molar-refractivity contribution in [1.29, 1.82) is 10.5 Å². The summed E-state index contributed by atoms with van der Waals surface area (Å²) in [6, 6.07) is 0. The first-order chi connectivity index (χ1) is 8.24. The van der Waals surface area contributed by atoms with Gasteiger partial charge < -0.3 is 0 Å². The second kappa shape index (κ2) is 8.51. The lowest BCUT2D eigenvalue weighted by atomic mass is 10.4. The van der Waals surface area contributed by atoms with Crippen molar-refractivity contribution in [3.63, 3.8) is 0 Å². The zero-order valence-electron chi connectivity index (χ0n) is 9.50. The summed E-state index contributed by atoms with van der Waals surface area (Å²) in [6.45, 7) is 11.1. The van der Waals surface area contributed by atoms with Crippen LogP contribution in [0.5, 0.6) is 0 Å². The minimum atomic E-state index is 0.811. The van der Waals surface area contributed by atoms with Crippen LogP contribution in [0.25, 0.3) is 12.4 Å². The highest BCUT2D eigenvalue weighted by Gasteiger charge is 2.10. The van der Waals surface area contributed by atoms with Crippen molar-refractivity contribution >= 4 is 12.4 Å². The van der Waals surface area contributed by atoms with Gasteiger partial charge in [-0.05, 0) is 0 Å². The Balaban J connectivity index is 0.000000437. The van der Waals surface area contributed by atoms with Gasteiger partial charge in [0.25, 0.3) is 5.82 Å². The summed E-state index contributed by atoms with van der Waals surface area (Å²) in [5, 5.41) is 16.7. The number of imidazole rings is 1. The van der Waals surface area contributed by atoms with Crippen molar-refractivity contribution in [1.82, 2.24) is 9.88 Å². The molecule has 0 aromatic carbocycles. The van der Waals surface area contributed by atoms with E-state index in [4.69, 9.17) is 10.5 Å². The lowest BCUT2D eigenvalue weighted by molar-refractivity contribution is -0.575. The standard InChI is InChI=1S/C10H13N2.C2HN3/c1-4-7-10-11(5-2)8-9-12(10)6-3;3-1-5-2-4/h4-6,8-9H,1-3,7H2;5H/q+1;. The molecule has 1 heterocycles. The molecule has 0 unspecified atom stereocenters. The number of nitrogens with one attached hydrogen (secondary N) is 1. The number of nitrogens with zero attached hydrogens (tertiary/aromatic N) is 4. The van der Waals surface area contributed by atoms with Gasteiger partial charge in [0.2, 0.25) is 0 Å². The maximum Gasteiger partial charge on any atom is 0.269 e. The predicted molar refractivity (Wildman–Crippen MR) is 65.7 cm³/mol. The van der Waals surface area contributed by atoms with Crippen LogP contribution in [-0.4, -0.2) is 4.57 Å². The first kappa shape index (κ1) is 14.2. The van der Waals surface area contributed by atoms with Gasteiger partial charge in [-0.25, -0.2) is 14.5 Å². The molecule has 0 saturated heterocycles. The Labute approximate surface area is 101 Å². The van der Waals surface area contributed by atoms with E-state index in [1.165, 1.54) is 12.4 Å². The predicted octanol–water partition coefficient (Wildman–Crippen LogP) is 1.24. The Morgan fingerprint density at radius 2 is 2.00 bits per heavy atom. The molecule has 0 radical (unpaired) electrons. The van der Waals surface area contributed by atoms with E-state index in [9.17, 15) is 0 Å². The zero-order chi connectivity index (χ0) is 13.1. The molecule has 1 N–H and O–H groups in total. The maximum atomic E-state index is 7.48. The van der Waals surface area contributed by atoms with Crippen molar-refractivity contribution in [2.24, 2.45) is 0 Å². The summed E-state index contributed by atoms with van der Waals surface area (Å²) < 4.78 is 3.90. The van der Waals surface area contributed by atoms with E-state index in [0.29, 0.717) is 0 Å². The van der Waals surface area contributed by atoms with Gasteiger partial charge in [0.05, 0.1) is 18.8 Å². The Hall–Kier alpha value is -2.79. The molecule has 0 saturated carbocycles. The first-order valence-electron chi connectivity index (χ1n) is 4.75. The number of aromatic nitrogens is 2. The van der Waals surface area contributed by atoms with Gasteiger partial charge in [0, 0.05) is 0 Å². The van der Waals surface area contributed by atoms with Crippen molar-refractivity contribution in [2.45, 2.75) is 6.42 Å². The molecule has 0 spiro atoms. The molecule has 5 heteroatoms. The molecule has 0 aliphatic heterocycles. The number of rotatable bonds is 4. The number of hydrogen-bond acceptors (Lipinski definition) is 3. The van der Waals surface area contributed by atoms with Crippen LogP contribution in [0.1, 0.15) is 5.82 Å². The molecule has 0 bridgehead atoms. The van der Waals surface area contributed by atoms with Gasteiger partial charge in [0.15, 0.2) is 12.4 Å². The third-order valence-corrected chi connectivity index (χ3v) is 1.82. The minimum absolute atomic E-state index is 0.811. The van der Waals surface area contributed by atoms with Crippen LogP contribution in [0, 0.1) is 22.9 Å². The quantitative estimate of drug-likeness (QED) is 0.365. The van der Waals surface area contributed by atoms with Gasteiger partial charge in [-0.3, -0.25) is 0 Å². The zero-order valence-corrected chi connectivity index (χ0v) is 9.50. The molecule has 5 nitrogen and oxygen atoms in total. The SMILES string of the molecule is C=CCc1n(C=C)cc[n+]1C=C.N#CNC#N. The molecule has 1 rings (SSSR count). The molecular formula is C12H14N5+. The van der Waals surface area contributed by atoms with Crippen LogP contribution in [0.3, 0.4) is 0 Å². The highest BCUT2D eigenvalue weighted by molar-refractivity contribution is 5.19. The Bertz CT molecular complexity index is 433. The van der Waals surface area contributed by atoms with Crippen molar-refractivity contribution < 1.29 is 4.57 Å². The first-order valence-corrected chi connectivity index (χ1v) is 4.75. The normalized spacial score (nSPS) is 7.65. The molecule has 17 heavy (non-hydrogen) atoms. The van der Waals surface area contributed by atoms with E-state index in [2.05, 4.69) is 19.7 Å². The van der Waals surface area contributed by atoms with Gasteiger partial charge in [-0.15, -0.1) is 6.58 Å². The lowest BCUT2D eigenvalue weighted by Gasteiger charge is -1.92. The number of hydrogen-bond donors (Lipinski definition) is 1. The topological polar surface area (TPSA) is 68.4 Å². The van der Waals surface area contributed by atoms with Crippen molar-refractivity contribution in [3.05, 3.63) is 44.0 Å². The Kier molecular flexibility index (Phi) is 7.12. The largest absolute Gasteiger partial charge is 0.269 e. The van der Waals surface area contributed by atoms with E-state index in [0.717, 1.165) is 12.2 Å². The van der Waals surface area contributed by atoms with E-state index >= 15 is 0 Å². The number of nitriles is 2. The van der Waals surface area contributed by atoms with E-state index in [1.807, 2.05) is 27.6 Å². The fourth-order valence-electron chi connectivity index (χ4n) is 1.15. The van der Waals surface area contributed by atoms with Crippen LogP contribution >= 0.6 is 0 Å². The van der Waals surface area contributed by atoms with Crippen molar-refractivity contribution in [3.8, 4) is 12.4 Å². The molecule has 0 aliphatic carbocycles. The maximum absolute atomic E-state index is 7.48. The smallest absolute Gasteiger partial charge is 0.229 e. The molecule has 0 atom stereocenters. The Morgan fingerprint density at radius 3 is 2.35 bits per heavy atom. The van der Waals surface area contributed by atoms with Crippen LogP contribution < -0.4 is 9.88 Å². The average Bonchev–Trinajstić information content (AvgIpc) is 2.74. The highest BCUT2D eigenvalue weighted by atomic mass is 15.1. The summed E-state index contributed by atoms with van der Waals surface area (Å²) in [5.41, 5.74) is 0. The molecule has 1 aromatic heterocycles. The minimum Gasteiger partial charge on any atom is -0.229 e. The third-order valence-electron chi connectivity index (χ3n) is 1.82. The van der Waals surface area contributed by atoms with Gasteiger partial charge >= 0.3 is 0 Å². The number of allylic oxidation sites excluding steroid dienone is 1. The highest BCUT2D eigenvalue weighted by Crippen LogP contribution is 1.97. The summed E-state index contributed by atoms with van der Waals surface area (Å²) >= 11 is 0. The molecular weight excluding hydrogens is 214 g/mol. The molecule has 0 fully saturated rings. The fraction of sp³-hybridized carbons (Fsp3) is 0.0833. The Morgan fingerprint density at radius 1 is 1.35 bits per heavy atom. The molecule has 1 aromatic rings. The monoisotopic (exact) mass is 228 g/mol. The van der Waals surface area contributed by atoms with Gasteiger partial charge in [-0.2, -0.15) is 10.5 Å². The summed E-state index contributed by atoms with van der Waals surface area (Å²) in [5.74, 6) is 1.11. The second-order valence-corrected chi connectivity index (χ2v) is 2.74. The second-order valence-electron chi connectivity index (χ2n) is 2.74. The van der Waals surface area contributed by atoms with Crippen molar-refractivity contribution in [2.75, 3.05) is 0 Å². The van der Waals surface area contributed by atoms with Crippen LogP contribution in [0.4, 0.5) is 0 Å². The molecule has 86 valence electrons. The summed E-state index contributed by atoms with van der Waals surface area (Å²) in [4.78, 5) is 0. The fourth-order valence-corrected chi connectivity index (χ4v) is 1.15. The lowest BCUT2D eigenvalue weighted by Crippen LogP contribution is -2.28. The van der Waals surface area contributed by atoms with Gasteiger partial charge in [-0.1, -0.05) is 19.2 Å². The van der Waals surface area contributed by atoms with Crippen LogP contribution in [-0.2, 0) is 6.42 Å². The van der Waals surface area contributed by atoms with Crippen LogP contribution in [0.15, 0.2) is 38.2 Å².